The van der Waals surface area contributed by atoms with E-state index < -0.39 is 0 Å². The Labute approximate surface area is 164 Å². The summed E-state index contributed by atoms with van der Waals surface area (Å²) in [7, 11) is 1.65. The van der Waals surface area contributed by atoms with Gasteiger partial charge < -0.3 is 20.3 Å². The molecule has 0 saturated carbocycles. The number of rotatable bonds is 6. The highest BCUT2D eigenvalue weighted by atomic mass is 32.1. The number of nitrogens with zero attached hydrogens (tertiary/aromatic N) is 2. The van der Waals surface area contributed by atoms with Gasteiger partial charge >= 0.3 is 0 Å². The second-order valence-corrected chi connectivity index (χ2v) is 7.33. The average Bonchev–Trinajstić information content (AvgIpc) is 3.18. The summed E-state index contributed by atoms with van der Waals surface area (Å²) in [6.07, 6.45) is 0.949. The largest absolute Gasteiger partial charge is 0.497 e. The number of fused-ring (bicyclic) bond motifs is 1. The van der Waals surface area contributed by atoms with Crippen LogP contribution in [0.1, 0.15) is 22.9 Å². The van der Waals surface area contributed by atoms with E-state index in [-0.39, 0.29) is 12.5 Å². The third-order valence-electron chi connectivity index (χ3n) is 4.49. The first-order chi connectivity index (χ1) is 13.2. The summed E-state index contributed by atoms with van der Waals surface area (Å²) in [6, 6.07) is 9.94. The van der Waals surface area contributed by atoms with Crippen LogP contribution in [0.25, 0.3) is 0 Å². The lowest BCUT2D eigenvalue weighted by Crippen LogP contribution is -2.45. The van der Waals surface area contributed by atoms with Crippen molar-refractivity contribution in [2.75, 3.05) is 26.7 Å². The number of ether oxygens (including phenoxy) is 1. The highest BCUT2D eigenvalue weighted by Crippen LogP contribution is 2.23. The Morgan fingerprint density at radius 1 is 1.26 bits per heavy atom. The Hall–Kier alpha value is -2.54. The van der Waals surface area contributed by atoms with Crippen LogP contribution in [0.2, 0.25) is 0 Å². The maximum absolute atomic E-state index is 12.6. The third kappa shape index (κ3) is 5.23. The molecule has 0 bridgehead atoms. The van der Waals surface area contributed by atoms with Crippen LogP contribution in [0.3, 0.4) is 0 Å². The fourth-order valence-electron chi connectivity index (χ4n) is 2.98. The molecule has 2 aromatic rings. The summed E-state index contributed by atoms with van der Waals surface area (Å²) >= 11 is 1.78. The molecule has 2 heterocycles. The zero-order valence-corrected chi connectivity index (χ0v) is 16.6. The number of amides is 1. The van der Waals surface area contributed by atoms with Crippen LogP contribution in [-0.2, 0) is 24.3 Å². The Balaban J connectivity index is 1.53. The lowest BCUT2D eigenvalue weighted by atomic mass is 10.1. The molecule has 0 aliphatic carbocycles. The summed E-state index contributed by atoms with van der Waals surface area (Å²) in [4.78, 5) is 20.4. The molecule has 0 spiro atoms. The number of hydrogen-bond acceptors (Lipinski definition) is 4. The van der Waals surface area contributed by atoms with Crippen molar-refractivity contribution in [1.82, 2.24) is 15.5 Å². The minimum absolute atomic E-state index is 0.0990. The van der Waals surface area contributed by atoms with E-state index in [2.05, 4.69) is 27.1 Å². The Morgan fingerprint density at radius 2 is 2.07 bits per heavy atom. The zero-order chi connectivity index (χ0) is 19.1. The lowest BCUT2D eigenvalue weighted by molar-refractivity contribution is -0.130. The Bertz CT molecular complexity index is 786. The van der Waals surface area contributed by atoms with Crippen molar-refractivity contribution in [2.45, 2.75) is 26.4 Å². The maximum atomic E-state index is 12.6. The van der Waals surface area contributed by atoms with Crippen LogP contribution in [0.4, 0.5) is 0 Å². The molecule has 2 N–H and O–H groups in total. The van der Waals surface area contributed by atoms with E-state index in [9.17, 15) is 4.79 Å². The molecular formula is C20H26N4O2S. The molecular weight excluding hydrogens is 360 g/mol. The van der Waals surface area contributed by atoms with Gasteiger partial charge in [0.25, 0.3) is 0 Å². The van der Waals surface area contributed by atoms with Crippen LogP contribution in [-0.4, -0.2) is 43.5 Å². The summed E-state index contributed by atoms with van der Waals surface area (Å²) < 4.78 is 5.17. The molecule has 0 radical (unpaired) electrons. The van der Waals surface area contributed by atoms with Crippen LogP contribution in [0.15, 0.2) is 40.7 Å². The molecule has 0 saturated heterocycles. The van der Waals surface area contributed by atoms with E-state index in [4.69, 9.17) is 4.74 Å². The van der Waals surface area contributed by atoms with Gasteiger partial charge in [-0.1, -0.05) is 12.1 Å². The van der Waals surface area contributed by atoms with Crippen molar-refractivity contribution in [3.8, 4) is 5.75 Å². The second kappa shape index (κ2) is 9.41. The monoisotopic (exact) mass is 386 g/mol. The number of benzene rings is 1. The minimum Gasteiger partial charge on any atom is -0.497 e. The Morgan fingerprint density at radius 3 is 2.81 bits per heavy atom. The van der Waals surface area contributed by atoms with Gasteiger partial charge in [0.15, 0.2) is 5.96 Å². The fourth-order valence-corrected chi connectivity index (χ4v) is 3.87. The van der Waals surface area contributed by atoms with E-state index >= 15 is 0 Å². The topological polar surface area (TPSA) is 66.0 Å². The van der Waals surface area contributed by atoms with Gasteiger partial charge in [-0.2, -0.15) is 0 Å². The molecule has 0 fully saturated rings. The van der Waals surface area contributed by atoms with Crippen molar-refractivity contribution in [2.24, 2.45) is 4.99 Å². The van der Waals surface area contributed by atoms with Gasteiger partial charge in [-0.15, -0.1) is 11.3 Å². The number of guanidine groups is 1. The molecule has 7 heteroatoms. The van der Waals surface area contributed by atoms with E-state index in [1.165, 1.54) is 10.4 Å². The van der Waals surface area contributed by atoms with Crippen LogP contribution in [0.5, 0.6) is 5.75 Å². The minimum atomic E-state index is 0.0990. The fraction of sp³-hybridized carbons (Fsp3) is 0.400. The van der Waals surface area contributed by atoms with E-state index in [1.54, 1.807) is 18.4 Å². The van der Waals surface area contributed by atoms with Crippen molar-refractivity contribution in [3.63, 3.8) is 0 Å². The highest BCUT2D eigenvalue weighted by molar-refractivity contribution is 7.10. The predicted octanol–water partition coefficient (Wildman–Crippen LogP) is 2.40. The van der Waals surface area contributed by atoms with E-state index in [1.807, 2.05) is 36.1 Å². The van der Waals surface area contributed by atoms with Crippen molar-refractivity contribution in [1.29, 1.82) is 0 Å². The van der Waals surface area contributed by atoms with E-state index in [0.29, 0.717) is 19.0 Å². The van der Waals surface area contributed by atoms with Crippen LogP contribution in [0, 0.1) is 0 Å². The van der Waals surface area contributed by atoms with Gasteiger partial charge in [-0.05, 0) is 48.1 Å². The first kappa shape index (κ1) is 19.2. The first-order valence-corrected chi connectivity index (χ1v) is 10.1. The smallest absolute Gasteiger partial charge is 0.242 e. The van der Waals surface area contributed by atoms with Gasteiger partial charge in [-0.3, -0.25) is 4.79 Å². The molecule has 1 aromatic heterocycles. The molecule has 144 valence electrons. The molecule has 1 aliphatic heterocycles. The molecule has 0 atom stereocenters. The third-order valence-corrected chi connectivity index (χ3v) is 5.51. The standard InChI is InChI=1S/C20H26N4O2S/c1-3-21-20(22-12-15-4-6-17(26-2)7-5-15)23-13-19(25)24-10-8-18-16(14-24)9-11-27-18/h4-7,9,11H,3,8,10,12-14H2,1-2H3,(H2,21,22,23). The van der Waals surface area contributed by atoms with Crippen LogP contribution >= 0.6 is 11.3 Å². The number of aliphatic imine (C=N–C) groups is 1. The number of hydrogen-bond donors (Lipinski definition) is 2. The summed E-state index contributed by atoms with van der Waals surface area (Å²) in [5.74, 6) is 1.57. The normalized spacial score (nSPS) is 13.9. The van der Waals surface area contributed by atoms with E-state index in [0.717, 1.165) is 30.8 Å². The first-order valence-electron chi connectivity index (χ1n) is 9.17. The number of nitrogens with one attached hydrogen (secondary N) is 2. The van der Waals surface area contributed by atoms with Crippen molar-refractivity contribution >= 4 is 23.2 Å². The average molecular weight is 387 g/mol. The maximum Gasteiger partial charge on any atom is 0.242 e. The van der Waals surface area contributed by atoms with Gasteiger partial charge in [0.1, 0.15) is 5.75 Å². The number of carbonyl (C=O) groups is 1. The zero-order valence-electron chi connectivity index (χ0n) is 15.8. The molecule has 1 amide bonds. The molecule has 1 aliphatic rings. The lowest BCUT2D eigenvalue weighted by Gasteiger charge is -2.27. The predicted molar refractivity (Wildman–Crippen MR) is 109 cm³/mol. The van der Waals surface area contributed by atoms with Gasteiger partial charge in [0.2, 0.25) is 5.91 Å². The molecule has 6 nitrogen and oxygen atoms in total. The van der Waals surface area contributed by atoms with Gasteiger partial charge in [0, 0.05) is 24.5 Å². The highest BCUT2D eigenvalue weighted by Gasteiger charge is 2.21. The summed E-state index contributed by atoms with van der Waals surface area (Å²) in [6.45, 7) is 5.02. The molecule has 27 heavy (non-hydrogen) atoms. The second-order valence-electron chi connectivity index (χ2n) is 6.33. The number of carbonyl (C=O) groups excluding carboxylic acids is 1. The quantitative estimate of drug-likeness (QED) is 0.591. The van der Waals surface area contributed by atoms with Crippen molar-refractivity contribution in [3.05, 3.63) is 51.7 Å². The van der Waals surface area contributed by atoms with Crippen LogP contribution < -0.4 is 15.4 Å². The summed E-state index contributed by atoms with van der Waals surface area (Å²) in [5, 5.41) is 8.45. The Kier molecular flexibility index (Phi) is 6.70. The van der Waals surface area contributed by atoms with Crippen molar-refractivity contribution < 1.29 is 9.53 Å². The SMILES string of the molecule is CCNC(=NCc1ccc(OC)cc1)NCC(=O)N1CCc2sccc2C1. The number of methoxy groups -OCH3 is 1. The molecule has 0 unspecified atom stereocenters. The molecule has 1 aromatic carbocycles. The molecule has 3 rings (SSSR count). The van der Waals surface area contributed by atoms with Gasteiger partial charge in [-0.25, -0.2) is 4.99 Å². The number of thiophene rings is 1. The summed E-state index contributed by atoms with van der Waals surface area (Å²) in [5.41, 5.74) is 2.36. The van der Waals surface area contributed by atoms with Gasteiger partial charge in [0.05, 0.1) is 20.2 Å².